The number of hydrogen-bond donors (Lipinski definition) is 4. The molecule has 1 aliphatic heterocycles. The summed E-state index contributed by atoms with van der Waals surface area (Å²) in [5, 5.41) is 27.6. The molecule has 0 spiro atoms. The van der Waals surface area contributed by atoms with Crippen LogP contribution < -0.4 is 10.6 Å². The second-order valence-corrected chi connectivity index (χ2v) is 11.6. The maximum absolute atomic E-state index is 13.1. The van der Waals surface area contributed by atoms with Gasteiger partial charge in [0.2, 0.25) is 11.8 Å². The van der Waals surface area contributed by atoms with Crippen molar-refractivity contribution in [3.05, 3.63) is 10.6 Å². The molecular weight excluding hydrogens is 456 g/mol. The Morgan fingerprint density at radius 2 is 2.03 bits per heavy atom. The lowest BCUT2D eigenvalue weighted by Crippen LogP contribution is -2.57. The van der Waals surface area contributed by atoms with Crippen molar-refractivity contribution in [2.45, 2.75) is 58.5 Å². The van der Waals surface area contributed by atoms with Gasteiger partial charge in [0.1, 0.15) is 0 Å². The third-order valence-corrected chi connectivity index (χ3v) is 9.43. The van der Waals surface area contributed by atoms with E-state index >= 15 is 0 Å². The molecule has 1 saturated carbocycles. The van der Waals surface area contributed by atoms with Gasteiger partial charge in [0, 0.05) is 55.7 Å². The molecule has 1 aromatic heterocycles. The number of ether oxygens (including phenoxy) is 1. The van der Waals surface area contributed by atoms with E-state index in [4.69, 9.17) is 9.72 Å². The van der Waals surface area contributed by atoms with E-state index in [9.17, 15) is 19.8 Å². The van der Waals surface area contributed by atoms with Crippen molar-refractivity contribution in [3.8, 4) is 0 Å². The van der Waals surface area contributed by atoms with Gasteiger partial charge in [-0.05, 0) is 30.6 Å². The van der Waals surface area contributed by atoms with Crippen molar-refractivity contribution in [2.24, 2.45) is 16.7 Å². The summed E-state index contributed by atoms with van der Waals surface area (Å²) in [5.41, 5.74) is -0.0757. The molecule has 4 rings (SSSR count). The molecule has 34 heavy (non-hydrogen) atoms. The number of fused-ring (bicyclic) bond motifs is 2. The van der Waals surface area contributed by atoms with Crippen molar-refractivity contribution in [2.75, 3.05) is 51.3 Å². The molecule has 0 aromatic carbocycles. The van der Waals surface area contributed by atoms with Gasteiger partial charge in [0.15, 0.2) is 5.13 Å². The van der Waals surface area contributed by atoms with Gasteiger partial charge in [-0.25, -0.2) is 4.98 Å². The topological polar surface area (TPSA) is 124 Å². The smallest absolute Gasteiger partial charge is 0.223 e. The molecule has 3 aliphatic rings. The van der Waals surface area contributed by atoms with Gasteiger partial charge >= 0.3 is 0 Å². The molecular formula is C24H38N4O5S. The maximum atomic E-state index is 13.1. The Labute approximate surface area is 205 Å². The summed E-state index contributed by atoms with van der Waals surface area (Å²) >= 11 is 1.44. The van der Waals surface area contributed by atoms with E-state index in [0.717, 1.165) is 49.8 Å². The van der Waals surface area contributed by atoms with E-state index in [-0.39, 0.29) is 35.7 Å². The molecule has 2 amide bonds. The van der Waals surface area contributed by atoms with Gasteiger partial charge in [0.05, 0.1) is 31.6 Å². The van der Waals surface area contributed by atoms with E-state index in [1.165, 1.54) is 18.3 Å². The highest BCUT2D eigenvalue weighted by molar-refractivity contribution is 7.15. The number of rotatable bonds is 7. The minimum atomic E-state index is -0.659. The molecule has 2 aliphatic carbocycles. The predicted octanol–water partition coefficient (Wildman–Crippen LogP) is 1.36. The first-order valence-electron chi connectivity index (χ1n) is 12.3. The summed E-state index contributed by atoms with van der Waals surface area (Å²) in [7, 11) is 0. The summed E-state index contributed by atoms with van der Waals surface area (Å²) in [6, 6.07) is 0. The van der Waals surface area contributed by atoms with Crippen LogP contribution in [0.5, 0.6) is 0 Å². The fourth-order valence-corrected chi connectivity index (χ4v) is 7.40. The predicted molar refractivity (Wildman–Crippen MR) is 130 cm³/mol. The van der Waals surface area contributed by atoms with Crippen molar-refractivity contribution >= 4 is 28.3 Å². The Hall–Kier alpha value is -1.59. The molecule has 5 atom stereocenters. The largest absolute Gasteiger partial charge is 0.396 e. The van der Waals surface area contributed by atoms with E-state index < -0.39 is 11.5 Å². The Morgan fingerprint density at radius 3 is 2.71 bits per heavy atom. The molecule has 190 valence electrons. The zero-order valence-corrected chi connectivity index (χ0v) is 21.2. The zero-order chi connectivity index (χ0) is 24.5. The number of nitrogens with one attached hydrogen (secondary N) is 2. The summed E-state index contributed by atoms with van der Waals surface area (Å²) in [5.74, 6) is -0.348. The van der Waals surface area contributed by atoms with Crippen LogP contribution in [0.1, 0.15) is 56.5 Å². The second kappa shape index (κ2) is 10.2. The first-order chi connectivity index (χ1) is 16.2. The van der Waals surface area contributed by atoms with Crippen LogP contribution in [0.4, 0.5) is 5.13 Å². The van der Waals surface area contributed by atoms with Crippen LogP contribution in [0, 0.1) is 16.7 Å². The van der Waals surface area contributed by atoms with Gasteiger partial charge in [0.25, 0.3) is 0 Å². The van der Waals surface area contributed by atoms with Crippen LogP contribution in [-0.4, -0.2) is 84.0 Å². The minimum absolute atomic E-state index is 0.00183. The number of aromatic nitrogens is 1. The first-order valence-corrected chi connectivity index (χ1v) is 13.1. The van der Waals surface area contributed by atoms with Crippen molar-refractivity contribution in [3.63, 3.8) is 0 Å². The molecule has 9 nitrogen and oxygen atoms in total. The van der Waals surface area contributed by atoms with Crippen molar-refractivity contribution < 1.29 is 24.5 Å². The summed E-state index contributed by atoms with van der Waals surface area (Å²) < 4.78 is 5.39. The molecule has 0 bridgehead atoms. The van der Waals surface area contributed by atoms with Crippen LogP contribution in [-0.2, 0) is 20.7 Å². The van der Waals surface area contributed by atoms with Crippen LogP contribution in [0.3, 0.4) is 0 Å². The number of morpholine rings is 1. The second-order valence-electron chi connectivity index (χ2n) is 10.6. The molecule has 2 fully saturated rings. The molecule has 0 radical (unpaired) electrons. The SMILES string of the molecule is CC(=O)Nc1nc2c(s1)CC1C(C)(CO)C(O)CCC1(C)C2CC(=O)NCCN1CCOCC1. The number of anilines is 1. The quantitative estimate of drug-likeness (QED) is 0.451. The number of nitrogens with zero attached hydrogens (tertiary/aromatic N) is 2. The average Bonchev–Trinajstić information content (AvgIpc) is 3.20. The van der Waals surface area contributed by atoms with Gasteiger partial charge in [-0.15, -0.1) is 11.3 Å². The lowest BCUT2D eigenvalue weighted by atomic mass is 9.47. The highest BCUT2D eigenvalue weighted by atomic mass is 32.1. The number of hydrogen-bond acceptors (Lipinski definition) is 8. The third kappa shape index (κ3) is 4.88. The van der Waals surface area contributed by atoms with E-state index in [2.05, 4.69) is 22.5 Å². The zero-order valence-electron chi connectivity index (χ0n) is 20.4. The molecule has 5 unspecified atom stereocenters. The number of carbonyl (C=O) groups excluding carboxylic acids is 2. The minimum Gasteiger partial charge on any atom is -0.396 e. The van der Waals surface area contributed by atoms with Crippen LogP contribution in [0.25, 0.3) is 0 Å². The molecule has 4 N–H and O–H groups in total. The highest BCUT2D eigenvalue weighted by Gasteiger charge is 2.59. The van der Waals surface area contributed by atoms with Gasteiger partial charge in [-0.2, -0.15) is 0 Å². The van der Waals surface area contributed by atoms with Crippen molar-refractivity contribution in [1.82, 2.24) is 15.2 Å². The summed E-state index contributed by atoms with van der Waals surface area (Å²) in [4.78, 5) is 32.9. The standard InChI is InChI=1S/C24H38N4O5S/c1-15(30)26-22-27-21-16(12-20(32)25-6-7-28-8-10-33-11-9-28)23(2)5-4-19(31)24(3,14-29)18(23)13-17(21)34-22/h16,18-19,29,31H,4-14H2,1-3H3,(H,25,32)(H,26,27,30). The Kier molecular flexibility index (Phi) is 7.64. The molecule has 1 aromatic rings. The van der Waals surface area contributed by atoms with Gasteiger partial charge in [-0.3, -0.25) is 14.5 Å². The maximum Gasteiger partial charge on any atom is 0.223 e. The fourth-order valence-electron chi connectivity index (χ4n) is 6.29. The van der Waals surface area contributed by atoms with E-state index in [1.54, 1.807) is 0 Å². The Balaban J connectivity index is 1.56. The molecule has 1 saturated heterocycles. The Bertz CT molecular complexity index is 904. The van der Waals surface area contributed by atoms with Crippen LogP contribution >= 0.6 is 11.3 Å². The monoisotopic (exact) mass is 494 g/mol. The first kappa shape index (κ1) is 25.5. The van der Waals surface area contributed by atoms with Crippen molar-refractivity contribution in [1.29, 1.82) is 0 Å². The lowest BCUT2D eigenvalue weighted by Gasteiger charge is -2.58. The lowest BCUT2D eigenvalue weighted by molar-refractivity contribution is -0.144. The number of thiazole rings is 1. The third-order valence-electron chi connectivity index (χ3n) is 8.42. The van der Waals surface area contributed by atoms with Crippen LogP contribution in [0.2, 0.25) is 0 Å². The average molecular weight is 495 g/mol. The molecule has 2 heterocycles. The number of amides is 2. The number of aliphatic hydroxyl groups is 2. The summed E-state index contributed by atoms with van der Waals surface area (Å²) in [6.07, 6.45) is 1.71. The highest BCUT2D eigenvalue weighted by Crippen LogP contribution is 2.62. The van der Waals surface area contributed by atoms with E-state index in [1.807, 2.05) is 6.92 Å². The fraction of sp³-hybridized carbons (Fsp3) is 0.792. The Morgan fingerprint density at radius 1 is 1.29 bits per heavy atom. The van der Waals surface area contributed by atoms with Gasteiger partial charge in [-0.1, -0.05) is 13.8 Å². The number of carbonyl (C=O) groups is 2. The summed E-state index contributed by atoms with van der Waals surface area (Å²) in [6.45, 7) is 10.1. The van der Waals surface area contributed by atoms with E-state index in [0.29, 0.717) is 30.9 Å². The van der Waals surface area contributed by atoms with Gasteiger partial charge < -0.3 is 25.6 Å². The molecule has 10 heteroatoms. The van der Waals surface area contributed by atoms with Crippen LogP contribution in [0.15, 0.2) is 0 Å². The normalized spacial score (nSPS) is 33.6. The number of aliphatic hydroxyl groups excluding tert-OH is 2.